The van der Waals surface area contributed by atoms with Crippen molar-refractivity contribution in [1.82, 2.24) is 5.32 Å². The van der Waals surface area contributed by atoms with Crippen molar-refractivity contribution < 1.29 is 4.79 Å². The van der Waals surface area contributed by atoms with Crippen LogP contribution in [-0.4, -0.2) is 18.5 Å². The Morgan fingerprint density at radius 1 is 1.31 bits per heavy atom. The minimum Gasteiger partial charge on any atom is -0.381 e. The second-order valence-corrected chi connectivity index (χ2v) is 3.97. The summed E-state index contributed by atoms with van der Waals surface area (Å²) in [5, 5.41) is 6.23. The van der Waals surface area contributed by atoms with E-state index in [1.807, 2.05) is 37.3 Å². The first-order valence-corrected chi connectivity index (χ1v) is 5.80. The van der Waals surface area contributed by atoms with E-state index < -0.39 is 0 Å². The highest BCUT2D eigenvalue weighted by Crippen LogP contribution is 2.06. The Morgan fingerprint density at radius 3 is 2.62 bits per heavy atom. The van der Waals surface area contributed by atoms with E-state index in [-0.39, 0.29) is 11.9 Å². The molecule has 2 N–H and O–H groups in total. The van der Waals surface area contributed by atoms with Crippen molar-refractivity contribution in [3.05, 3.63) is 30.3 Å². The number of amides is 1. The molecule has 1 atom stereocenters. The molecule has 0 radical (unpaired) electrons. The molecule has 3 heteroatoms. The van der Waals surface area contributed by atoms with Crippen LogP contribution in [-0.2, 0) is 4.79 Å². The lowest BCUT2D eigenvalue weighted by molar-refractivity contribution is -0.121. The van der Waals surface area contributed by atoms with Crippen LogP contribution in [0.15, 0.2) is 30.3 Å². The minimum absolute atomic E-state index is 0.129. The lowest BCUT2D eigenvalue weighted by Crippen LogP contribution is -2.34. The zero-order valence-electron chi connectivity index (χ0n) is 9.99. The molecule has 1 aromatic rings. The highest BCUT2D eigenvalue weighted by atomic mass is 16.1. The number of benzene rings is 1. The highest BCUT2D eigenvalue weighted by Gasteiger charge is 2.04. The van der Waals surface area contributed by atoms with Crippen molar-refractivity contribution in [3.63, 3.8) is 0 Å². The molecule has 1 amide bonds. The van der Waals surface area contributed by atoms with Crippen molar-refractivity contribution >= 4 is 11.6 Å². The number of rotatable bonds is 6. The molecule has 0 fully saturated rings. The van der Waals surface area contributed by atoms with Gasteiger partial charge in [-0.05, 0) is 25.5 Å². The number of nitrogens with one attached hydrogen (secondary N) is 2. The summed E-state index contributed by atoms with van der Waals surface area (Å²) in [6.45, 7) is 4.72. The van der Waals surface area contributed by atoms with Gasteiger partial charge >= 0.3 is 0 Å². The summed E-state index contributed by atoms with van der Waals surface area (Å²) < 4.78 is 0. The fraction of sp³-hybridized carbons (Fsp3) is 0.462. The van der Waals surface area contributed by atoms with Crippen LogP contribution in [0.1, 0.15) is 26.7 Å². The number of anilines is 1. The lowest BCUT2D eigenvalue weighted by Gasteiger charge is -2.15. The molecular formula is C13H20N2O. The third-order valence-corrected chi connectivity index (χ3v) is 2.27. The largest absolute Gasteiger partial charge is 0.381 e. The Hall–Kier alpha value is -1.51. The molecule has 16 heavy (non-hydrogen) atoms. The first kappa shape index (κ1) is 12.6. The molecule has 1 aromatic carbocycles. The normalized spacial score (nSPS) is 11.9. The van der Waals surface area contributed by atoms with Crippen LogP contribution in [0.2, 0.25) is 0 Å². The van der Waals surface area contributed by atoms with Crippen molar-refractivity contribution in [2.24, 2.45) is 0 Å². The fourth-order valence-corrected chi connectivity index (χ4v) is 1.45. The Labute approximate surface area is 97.2 Å². The van der Waals surface area contributed by atoms with Crippen LogP contribution in [0, 0.1) is 0 Å². The molecular weight excluding hydrogens is 200 g/mol. The molecule has 88 valence electrons. The second kappa shape index (κ2) is 6.88. The second-order valence-electron chi connectivity index (χ2n) is 3.97. The van der Waals surface area contributed by atoms with Crippen molar-refractivity contribution in [2.75, 3.05) is 11.9 Å². The summed E-state index contributed by atoms with van der Waals surface area (Å²) in [7, 11) is 0. The van der Waals surface area contributed by atoms with Gasteiger partial charge in [0.15, 0.2) is 0 Å². The Bertz CT molecular complexity index is 311. The molecule has 0 aromatic heterocycles. The average molecular weight is 220 g/mol. The first-order chi connectivity index (χ1) is 7.72. The average Bonchev–Trinajstić information content (AvgIpc) is 2.28. The molecule has 0 spiro atoms. The van der Waals surface area contributed by atoms with Crippen molar-refractivity contribution in [1.29, 1.82) is 0 Å². The van der Waals surface area contributed by atoms with Gasteiger partial charge in [0, 0.05) is 24.7 Å². The minimum atomic E-state index is 0.129. The van der Waals surface area contributed by atoms with Gasteiger partial charge in [-0.2, -0.15) is 0 Å². The van der Waals surface area contributed by atoms with Gasteiger partial charge < -0.3 is 10.6 Å². The Morgan fingerprint density at radius 2 is 2.00 bits per heavy atom. The topological polar surface area (TPSA) is 41.1 Å². The van der Waals surface area contributed by atoms with E-state index in [0.717, 1.165) is 12.1 Å². The number of hydrogen-bond acceptors (Lipinski definition) is 2. The van der Waals surface area contributed by atoms with Gasteiger partial charge in [0.05, 0.1) is 0 Å². The van der Waals surface area contributed by atoms with Crippen molar-refractivity contribution in [3.8, 4) is 0 Å². The molecule has 1 rings (SSSR count). The third-order valence-electron chi connectivity index (χ3n) is 2.27. The smallest absolute Gasteiger partial charge is 0.220 e. The van der Waals surface area contributed by atoms with E-state index in [1.54, 1.807) is 0 Å². The summed E-state index contributed by atoms with van der Waals surface area (Å²) in [6, 6.07) is 10.2. The molecule has 1 unspecified atom stereocenters. The SMILES string of the molecule is CCCC(=O)NCC(C)Nc1ccccc1. The summed E-state index contributed by atoms with van der Waals surface area (Å²) >= 11 is 0. The quantitative estimate of drug-likeness (QED) is 0.773. The number of carbonyl (C=O) groups excluding carboxylic acids is 1. The van der Waals surface area contributed by atoms with E-state index in [1.165, 1.54) is 0 Å². The van der Waals surface area contributed by atoms with Crippen LogP contribution in [0.5, 0.6) is 0 Å². The van der Waals surface area contributed by atoms with Crippen LogP contribution < -0.4 is 10.6 Å². The summed E-state index contributed by atoms with van der Waals surface area (Å²) in [5.41, 5.74) is 1.08. The van der Waals surface area contributed by atoms with Gasteiger partial charge in [-0.1, -0.05) is 25.1 Å². The fourth-order valence-electron chi connectivity index (χ4n) is 1.45. The maximum atomic E-state index is 11.3. The number of para-hydroxylation sites is 1. The molecule has 0 aliphatic carbocycles. The molecule has 0 heterocycles. The van der Waals surface area contributed by atoms with E-state index in [4.69, 9.17) is 0 Å². The number of hydrogen-bond donors (Lipinski definition) is 2. The summed E-state index contributed by atoms with van der Waals surface area (Å²) in [6.07, 6.45) is 1.50. The van der Waals surface area contributed by atoms with Gasteiger partial charge in [0.2, 0.25) is 5.91 Å². The van der Waals surface area contributed by atoms with Crippen LogP contribution >= 0.6 is 0 Å². The molecule has 0 bridgehead atoms. The maximum Gasteiger partial charge on any atom is 0.220 e. The Kier molecular flexibility index (Phi) is 5.40. The van der Waals surface area contributed by atoms with E-state index in [0.29, 0.717) is 13.0 Å². The zero-order chi connectivity index (χ0) is 11.8. The predicted molar refractivity (Wildman–Crippen MR) is 67.4 cm³/mol. The van der Waals surface area contributed by atoms with Gasteiger partial charge in [-0.25, -0.2) is 0 Å². The molecule has 3 nitrogen and oxygen atoms in total. The molecule has 0 saturated heterocycles. The van der Waals surface area contributed by atoms with Gasteiger partial charge in [-0.15, -0.1) is 0 Å². The van der Waals surface area contributed by atoms with E-state index in [9.17, 15) is 4.79 Å². The zero-order valence-corrected chi connectivity index (χ0v) is 9.99. The maximum absolute atomic E-state index is 11.3. The van der Waals surface area contributed by atoms with Crippen LogP contribution in [0.25, 0.3) is 0 Å². The monoisotopic (exact) mass is 220 g/mol. The molecule has 0 aliphatic rings. The third kappa shape index (κ3) is 4.82. The van der Waals surface area contributed by atoms with Crippen LogP contribution in [0.3, 0.4) is 0 Å². The van der Waals surface area contributed by atoms with E-state index >= 15 is 0 Å². The van der Waals surface area contributed by atoms with Gasteiger partial charge in [0.1, 0.15) is 0 Å². The molecule has 0 aliphatic heterocycles. The standard InChI is InChI=1S/C13H20N2O/c1-3-7-13(16)14-10-11(2)15-12-8-5-4-6-9-12/h4-6,8-9,11,15H,3,7,10H2,1-2H3,(H,14,16). The predicted octanol–water partition coefficient (Wildman–Crippen LogP) is 2.40. The van der Waals surface area contributed by atoms with Gasteiger partial charge in [0.25, 0.3) is 0 Å². The van der Waals surface area contributed by atoms with Crippen LogP contribution in [0.4, 0.5) is 5.69 Å². The number of carbonyl (C=O) groups is 1. The van der Waals surface area contributed by atoms with E-state index in [2.05, 4.69) is 17.6 Å². The lowest BCUT2D eigenvalue weighted by atomic mass is 10.2. The van der Waals surface area contributed by atoms with Gasteiger partial charge in [-0.3, -0.25) is 4.79 Å². The molecule has 0 saturated carbocycles. The Balaban J connectivity index is 2.26. The summed E-state index contributed by atoms with van der Waals surface area (Å²) in [4.78, 5) is 11.3. The summed E-state index contributed by atoms with van der Waals surface area (Å²) in [5.74, 6) is 0.129. The highest BCUT2D eigenvalue weighted by molar-refractivity contribution is 5.75. The first-order valence-electron chi connectivity index (χ1n) is 5.80. The van der Waals surface area contributed by atoms with Crippen molar-refractivity contribution in [2.45, 2.75) is 32.7 Å².